The van der Waals surface area contributed by atoms with Gasteiger partial charge in [0, 0.05) is 56.1 Å². The molecule has 1 aliphatic carbocycles. The van der Waals surface area contributed by atoms with E-state index in [1.165, 1.54) is 31.5 Å². The zero-order chi connectivity index (χ0) is 33.6. The number of aromatic nitrogens is 8. The van der Waals surface area contributed by atoms with E-state index in [-0.39, 0.29) is 41.0 Å². The largest absolute Gasteiger partial charge is 0.467 e. The number of alkyl halides is 5. The second-order valence-corrected chi connectivity index (χ2v) is 10.4. The lowest BCUT2D eigenvalue weighted by atomic mass is 9.90. The summed E-state index contributed by atoms with van der Waals surface area (Å²) >= 11 is 0. The van der Waals surface area contributed by atoms with Crippen molar-refractivity contribution in [2.75, 3.05) is 37.6 Å². The Kier molecular flexibility index (Phi) is 10.3. The number of ether oxygens (including phenoxy) is 2. The van der Waals surface area contributed by atoms with Crippen LogP contribution in [-0.4, -0.2) is 85.2 Å². The summed E-state index contributed by atoms with van der Waals surface area (Å²) in [6.45, 7) is -2.46. The first-order valence-corrected chi connectivity index (χ1v) is 14.4. The van der Waals surface area contributed by atoms with Crippen LogP contribution in [0.3, 0.4) is 0 Å². The molecule has 0 saturated heterocycles. The highest BCUT2D eigenvalue weighted by Gasteiger charge is 2.37. The van der Waals surface area contributed by atoms with Gasteiger partial charge in [-0.3, -0.25) is 9.88 Å². The molecule has 250 valence electrons. The van der Waals surface area contributed by atoms with E-state index >= 15 is 0 Å². The Balaban J connectivity index is 1.30. The quantitative estimate of drug-likeness (QED) is 0.171. The zero-order valence-electron chi connectivity index (χ0n) is 25.2. The summed E-state index contributed by atoms with van der Waals surface area (Å²) in [6.07, 6.45) is 4.70. The molecule has 4 aromatic rings. The Morgan fingerprint density at radius 1 is 1.00 bits per heavy atom. The molecule has 2 N–H and O–H groups in total. The molecule has 0 spiro atoms. The zero-order valence-corrected chi connectivity index (χ0v) is 25.2. The van der Waals surface area contributed by atoms with Crippen LogP contribution < -0.4 is 20.3 Å². The predicted octanol–water partition coefficient (Wildman–Crippen LogP) is 4.60. The molecule has 0 bridgehead atoms. The van der Waals surface area contributed by atoms with Crippen molar-refractivity contribution in [3.05, 3.63) is 48.8 Å². The van der Waals surface area contributed by atoms with Crippen LogP contribution in [-0.2, 0) is 10.9 Å². The molecule has 0 aromatic carbocycles. The maximum atomic E-state index is 13.7. The number of carbonyl (C=O) groups is 1. The topological polar surface area (TPSA) is 158 Å². The van der Waals surface area contributed by atoms with Crippen LogP contribution in [0, 0.1) is 0 Å². The van der Waals surface area contributed by atoms with Crippen LogP contribution in [0.2, 0.25) is 0 Å². The third-order valence-corrected chi connectivity index (χ3v) is 7.33. The van der Waals surface area contributed by atoms with Gasteiger partial charge in [0.25, 0.3) is 0 Å². The van der Waals surface area contributed by atoms with Crippen molar-refractivity contribution >= 4 is 17.8 Å². The van der Waals surface area contributed by atoms with Crippen LogP contribution in [0.5, 0.6) is 6.01 Å². The number of methoxy groups -OCH3 is 2. The van der Waals surface area contributed by atoms with Gasteiger partial charge in [0.15, 0.2) is 5.82 Å². The molecular weight excluding hydrogens is 633 g/mol. The molecule has 0 radical (unpaired) electrons. The minimum Gasteiger partial charge on any atom is -0.467 e. The van der Waals surface area contributed by atoms with Crippen molar-refractivity contribution in [2.45, 2.75) is 50.5 Å². The van der Waals surface area contributed by atoms with Crippen molar-refractivity contribution in [1.82, 2.24) is 45.0 Å². The maximum absolute atomic E-state index is 13.7. The lowest BCUT2D eigenvalue weighted by molar-refractivity contribution is -0.137. The fourth-order valence-electron chi connectivity index (χ4n) is 5.04. The first kappa shape index (κ1) is 33.3. The molecule has 1 aliphatic rings. The number of hydrogen-bond donors (Lipinski definition) is 2. The SMILES string of the molecule is COCCNC(=O)N(c1cnc(-c2cnc(OC)nc2)cn1)[C@H]1CC[C@H](Nc2ncc(C(F)(F)F)c(-c3ccn(C(F)F)n3)n2)CC1. The maximum Gasteiger partial charge on any atom is 0.420 e. The van der Waals surface area contributed by atoms with Gasteiger partial charge in [-0.1, -0.05) is 0 Å². The van der Waals surface area contributed by atoms with Crippen molar-refractivity contribution in [1.29, 1.82) is 0 Å². The highest BCUT2D eigenvalue weighted by atomic mass is 19.4. The number of hydrogen-bond acceptors (Lipinski definition) is 11. The highest BCUT2D eigenvalue weighted by Crippen LogP contribution is 2.36. The number of amides is 2. The highest BCUT2D eigenvalue weighted by molar-refractivity contribution is 5.91. The minimum atomic E-state index is -4.84. The minimum absolute atomic E-state index is 0.110. The van der Waals surface area contributed by atoms with Gasteiger partial charge in [0.05, 0.1) is 31.8 Å². The summed E-state index contributed by atoms with van der Waals surface area (Å²) in [5.41, 5.74) is -1.10. The molecule has 0 unspecified atom stereocenters. The van der Waals surface area contributed by atoms with Crippen molar-refractivity contribution in [2.24, 2.45) is 0 Å². The summed E-state index contributed by atoms with van der Waals surface area (Å²) in [6, 6.07) is 0.297. The van der Waals surface area contributed by atoms with Crippen LogP contribution >= 0.6 is 0 Å². The molecule has 2 amide bonds. The Labute approximate surface area is 264 Å². The summed E-state index contributed by atoms with van der Waals surface area (Å²) in [4.78, 5) is 39.8. The standard InChI is InChI=1S/C28H30F5N11O3/c1-46-10-8-34-27(45)44(22-15-35-21(14-36-22)16-11-38-26(47-2)39-12-16)18-5-3-17(4-6-18)40-25-37-13-19(28(31,32)33)23(41-25)20-7-9-43(42-20)24(29)30/h7,9,11-15,17-18,24H,3-6,8,10H2,1-2H3,(H,34,45)(H,37,40,41)/t17-,18-. The monoisotopic (exact) mass is 663 g/mol. The molecular formula is C28H30F5N11O3. The van der Waals surface area contributed by atoms with E-state index in [4.69, 9.17) is 9.47 Å². The molecule has 0 atom stereocenters. The van der Waals surface area contributed by atoms with Gasteiger partial charge in [-0.05, 0) is 31.7 Å². The molecule has 4 aromatic heterocycles. The van der Waals surface area contributed by atoms with E-state index in [2.05, 4.69) is 45.6 Å². The lowest BCUT2D eigenvalue weighted by Crippen LogP contribution is -2.49. The Morgan fingerprint density at radius 3 is 2.34 bits per heavy atom. The first-order chi connectivity index (χ1) is 22.6. The summed E-state index contributed by atoms with van der Waals surface area (Å²) in [5, 5.41) is 9.41. The molecule has 1 fully saturated rings. The predicted molar refractivity (Wildman–Crippen MR) is 157 cm³/mol. The van der Waals surface area contributed by atoms with Gasteiger partial charge < -0.3 is 20.1 Å². The number of nitrogens with one attached hydrogen (secondary N) is 2. The molecule has 4 heterocycles. The van der Waals surface area contributed by atoms with Crippen molar-refractivity contribution in [3.63, 3.8) is 0 Å². The Bertz CT molecular complexity index is 1630. The van der Waals surface area contributed by atoms with Gasteiger partial charge in [-0.15, -0.1) is 0 Å². The number of nitrogens with zero attached hydrogens (tertiary/aromatic N) is 9. The second-order valence-electron chi connectivity index (χ2n) is 10.4. The number of anilines is 2. The van der Waals surface area contributed by atoms with E-state index in [1.807, 2.05) is 0 Å². The van der Waals surface area contributed by atoms with Crippen molar-refractivity contribution < 1.29 is 36.2 Å². The van der Waals surface area contributed by atoms with E-state index in [1.54, 1.807) is 12.4 Å². The van der Waals surface area contributed by atoms with Gasteiger partial charge in [-0.2, -0.15) is 27.1 Å². The summed E-state index contributed by atoms with van der Waals surface area (Å²) < 4.78 is 77.5. The molecule has 5 rings (SSSR count). The first-order valence-electron chi connectivity index (χ1n) is 14.4. The molecule has 47 heavy (non-hydrogen) atoms. The third kappa shape index (κ3) is 8.02. The lowest BCUT2D eigenvalue weighted by Gasteiger charge is -2.36. The fraction of sp³-hybridized carbons (Fsp3) is 0.429. The molecule has 14 nitrogen and oxygen atoms in total. The van der Waals surface area contributed by atoms with E-state index in [0.717, 1.165) is 12.3 Å². The van der Waals surface area contributed by atoms with Gasteiger partial charge in [-0.25, -0.2) is 34.4 Å². The molecule has 19 heteroatoms. The number of urea groups is 1. The average Bonchev–Trinajstić information content (AvgIpc) is 3.57. The van der Waals surface area contributed by atoms with E-state index in [9.17, 15) is 26.7 Å². The van der Waals surface area contributed by atoms with E-state index < -0.39 is 30.0 Å². The van der Waals surface area contributed by atoms with Crippen LogP contribution in [0.25, 0.3) is 22.6 Å². The van der Waals surface area contributed by atoms with Gasteiger partial charge in [0.2, 0.25) is 5.95 Å². The molecule has 0 aliphatic heterocycles. The van der Waals surface area contributed by atoms with Crippen LogP contribution in [0.1, 0.15) is 37.8 Å². The van der Waals surface area contributed by atoms with Gasteiger partial charge >= 0.3 is 24.8 Å². The normalized spacial score (nSPS) is 16.6. The molecule has 1 saturated carbocycles. The third-order valence-electron chi connectivity index (χ3n) is 7.33. The smallest absolute Gasteiger partial charge is 0.420 e. The second kappa shape index (κ2) is 14.6. The van der Waals surface area contributed by atoms with Gasteiger partial charge in [0.1, 0.15) is 17.0 Å². The fourth-order valence-corrected chi connectivity index (χ4v) is 5.04. The number of carbonyl (C=O) groups excluding carboxylic acids is 1. The van der Waals surface area contributed by atoms with Crippen LogP contribution in [0.4, 0.5) is 38.5 Å². The van der Waals surface area contributed by atoms with E-state index in [0.29, 0.717) is 55.6 Å². The van der Waals surface area contributed by atoms with Crippen LogP contribution in [0.15, 0.2) is 43.2 Å². The Morgan fingerprint density at radius 2 is 1.74 bits per heavy atom. The van der Waals surface area contributed by atoms with Crippen molar-refractivity contribution in [3.8, 4) is 28.7 Å². The Hall–Kier alpha value is -5.07. The number of halogens is 5. The average molecular weight is 664 g/mol. The summed E-state index contributed by atoms with van der Waals surface area (Å²) in [5.74, 6) is 0.203. The number of rotatable bonds is 11. The summed E-state index contributed by atoms with van der Waals surface area (Å²) in [7, 11) is 2.97.